The number of hydrogen-bond acceptors (Lipinski definition) is 4. The van der Waals surface area contributed by atoms with E-state index in [2.05, 4.69) is 4.90 Å². The Morgan fingerprint density at radius 2 is 2.16 bits per heavy atom. The lowest BCUT2D eigenvalue weighted by molar-refractivity contribution is 0.0670. The summed E-state index contributed by atoms with van der Waals surface area (Å²) >= 11 is 0. The molecule has 2 rings (SSSR count). The topological polar surface area (TPSA) is 82.6 Å². The summed E-state index contributed by atoms with van der Waals surface area (Å²) in [6, 6.07) is 7.18. The van der Waals surface area contributed by atoms with Crippen LogP contribution in [0.5, 0.6) is 5.75 Å². The predicted octanol–water partition coefficient (Wildman–Crippen LogP) is 0.806. The van der Waals surface area contributed by atoms with Crippen LogP contribution in [-0.2, 0) is 0 Å². The standard InChI is InChI=1S/C14H21N3O2/c1-14(18)6-7-17(10-14)8-9-19-12-4-2-11(3-5-12)13(15)16/h2-5,18H,6-10H2,1H3,(H3,15,16). The molecule has 5 heteroatoms. The average molecular weight is 263 g/mol. The number of nitrogen functional groups attached to an aromatic ring is 1. The molecule has 0 bridgehead atoms. The Bertz CT molecular complexity index is 443. The van der Waals surface area contributed by atoms with Crippen LogP contribution in [0.4, 0.5) is 0 Å². The van der Waals surface area contributed by atoms with Gasteiger partial charge in [0.25, 0.3) is 0 Å². The van der Waals surface area contributed by atoms with Crippen molar-refractivity contribution in [2.24, 2.45) is 5.73 Å². The Hall–Kier alpha value is -1.59. The van der Waals surface area contributed by atoms with Gasteiger partial charge in [0, 0.05) is 25.2 Å². The Morgan fingerprint density at radius 1 is 1.47 bits per heavy atom. The van der Waals surface area contributed by atoms with Crippen LogP contribution in [0, 0.1) is 5.41 Å². The second kappa shape index (κ2) is 5.59. The molecular formula is C14H21N3O2. The molecule has 1 aromatic carbocycles. The third-order valence-corrected chi connectivity index (χ3v) is 3.37. The molecule has 0 radical (unpaired) electrons. The summed E-state index contributed by atoms with van der Waals surface area (Å²) in [4.78, 5) is 2.20. The van der Waals surface area contributed by atoms with Crippen molar-refractivity contribution in [1.29, 1.82) is 5.41 Å². The van der Waals surface area contributed by atoms with Crippen molar-refractivity contribution < 1.29 is 9.84 Å². The van der Waals surface area contributed by atoms with Gasteiger partial charge < -0.3 is 15.6 Å². The second-order valence-corrected chi connectivity index (χ2v) is 5.31. The van der Waals surface area contributed by atoms with Crippen LogP contribution in [0.3, 0.4) is 0 Å². The zero-order valence-electron chi connectivity index (χ0n) is 11.2. The highest BCUT2D eigenvalue weighted by Gasteiger charge is 2.30. The van der Waals surface area contributed by atoms with Gasteiger partial charge in [-0.15, -0.1) is 0 Å². The van der Waals surface area contributed by atoms with Crippen LogP contribution in [0.2, 0.25) is 0 Å². The maximum Gasteiger partial charge on any atom is 0.122 e. The van der Waals surface area contributed by atoms with E-state index in [1.807, 2.05) is 19.1 Å². The van der Waals surface area contributed by atoms with Crippen molar-refractivity contribution in [2.45, 2.75) is 18.9 Å². The highest BCUT2D eigenvalue weighted by Crippen LogP contribution is 2.19. The number of aliphatic hydroxyl groups is 1. The quantitative estimate of drug-likeness (QED) is 0.542. The number of nitrogens with one attached hydrogen (secondary N) is 1. The number of β-amino-alcohol motifs (C(OH)–C–C–N with tert-alkyl or cyclic N) is 1. The minimum atomic E-state index is -0.552. The van der Waals surface area contributed by atoms with Crippen molar-refractivity contribution in [2.75, 3.05) is 26.2 Å². The maximum absolute atomic E-state index is 9.85. The van der Waals surface area contributed by atoms with E-state index in [4.69, 9.17) is 15.9 Å². The van der Waals surface area contributed by atoms with Crippen LogP contribution in [0.1, 0.15) is 18.9 Å². The molecule has 0 saturated carbocycles. The molecule has 1 heterocycles. The third-order valence-electron chi connectivity index (χ3n) is 3.37. The smallest absolute Gasteiger partial charge is 0.122 e. The van der Waals surface area contributed by atoms with Gasteiger partial charge in [0.15, 0.2) is 0 Å². The summed E-state index contributed by atoms with van der Waals surface area (Å²) in [5, 5.41) is 17.2. The van der Waals surface area contributed by atoms with Crippen LogP contribution < -0.4 is 10.5 Å². The number of ether oxygens (including phenoxy) is 1. The first-order chi connectivity index (χ1) is 8.96. The van der Waals surface area contributed by atoms with Gasteiger partial charge >= 0.3 is 0 Å². The first kappa shape index (κ1) is 13.8. The molecule has 0 spiro atoms. The first-order valence-corrected chi connectivity index (χ1v) is 6.48. The maximum atomic E-state index is 9.85. The van der Waals surface area contributed by atoms with Crippen LogP contribution in [0.15, 0.2) is 24.3 Å². The number of nitrogens with two attached hydrogens (primary N) is 1. The molecule has 5 nitrogen and oxygen atoms in total. The minimum absolute atomic E-state index is 0.0610. The Morgan fingerprint density at radius 3 is 2.68 bits per heavy atom. The SMILES string of the molecule is CC1(O)CCN(CCOc2ccc(C(=N)N)cc2)C1. The van der Waals surface area contributed by atoms with E-state index in [1.54, 1.807) is 12.1 Å². The molecule has 0 aromatic heterocycles. The van der Waals surface area contributed by atoms with E-state index in [9.17, 15) is 5.11 Å². The van der Waals surface area contributed by atoms with Gasteiger partial charge in [0.2, 0.25) is 0 Å². The third kappa shape index (κ3) is 3.94. The zero-order chi connectivity index (χ0) is 13.9. The van der Waals surface area contributed by atoms with Crippen LogP contribution in [-0.4, -0.2) is 47.7 Å². The predicted molar refractivity (Wildman–Crippen MR) is 74.6 cm³/mol. The number of amidine groups is 1. The van der Waals surface area contributed by atoms with Gasteiger partial charge in [-0.2, -0.15) is 0 Å². The largest absolute Gasteiger partial charge is 0.492 e. The van der Waals surface area contributed by atoms with E-state index in [1.165, 1.54) is 0 Å². The average Bonchev–Trinajstić information content (AvgIpc) is 2.69. The molecule has 1 unspecified atom stereocenters. The number of benzene rings is 1. The second-order valence-electron chi connectivity index (χ2n) is 5.31. The van der Waals surface area contributed by atoms with Crippen molar-refractivity contribution in [3.8, 4) is 5.75 Å². The summed E-state index contributed by atoms with van der Waals surface area (Å²) in [6.45, 7) is 4.90. The van der Waals surface area contributed by atoms with E-state index in [0.717, 1.165) is 25.3 Å². The molecule has 4 N–H and O–H groups in total. The fourth-order valence-electron chi connectivity index (χ4n) is 2.25. The number of nitrogens with zero attached hydrogens (tertiary/aromatic N) is 1. The fourth-order valence-corrected chi connectivity index (χ4v) is 2.25. The molecule has 1 aliphatic rings. The van der Waals surface area contributed by atoms with Crippen LogP contribution in [0.25, 0.3) is 0 Å². The minimum Gasteiger partial charge on any atom is -0.492 e. The molecule has 19 heavy (non-hydrogen) atoms. The van der Waals surface area contributed by atoms with E-state index >= 15 is 0 Å². The summed E-state index contributed by atoms with van der Waals surface area (Å²) in [5.74, 6) is 0.835. The van der Waals surface area contributed by atoms with Gasteiger partial charge in [-0.25, -0.2) is 0 Å². The molecule has 1 fully saturated rings. The van der Waals surface area contributed by atoms with E-state index in [-0.39, 0.29) is 5.84 Å². The first-order valence-electron chi connectivity index (χ1n) is 6.48. The summed E-state index contributed by atoms with van der Waals surface area (Å²) < 4.78 is 5.64. The lowest BCUT2D eigenvalue weighted by atomic mass is 10.1. The van der Waals surface area contributed by atoms with Crippen molar-refractivity contribution >= 4 is 5.84 Å². The number of likely N-dealkylation sites (tertiary alicyclic amines) is 1. The number of rotatable bonds is 5. The van der Waals surface area contributed by atoms with Gasteiger partial charge in [-0.1, -0.05) is 0 Å². The zero-order valence-corrected chi connectivity index (χ0v) is 11.2. The molecule has 1 aromatic rings. The highest BCUT2D eigenvalue weighted by molar-refractivity contribution is 5.94. The lowest BCUT2D eigenvalue weighted by Crippen LogP contribution is -2.32. The van der Waals surface area contributed by atoms with Gasteiger partial charge in [0.1, 0.15) is 18.2 Å². The van der Waals surface area contributed by atoms with E-state index < -0.39 is 5.60 Å². The molecule has 0 amide bonds. The van der Waals surface area contributed by atoms with Crippen LogP contribution >= 0.6 is 0 Å². The van der Waals surface area contributed by atoms with Crippen molar-refractivity contribution in [3.05, 3.63) is 29.8 Å². The van der Waals surface area contributed by atoms with Crippen molar-refractivity contribution in [1.82, 2.24) is 4.90 Å². The molecule has 104 valence electrons. The van der Waals surface area contributed by atoms with Gasteiger partial charge in [-0.3, -0.25) is 10.3 Å². The monoisotopic (exact) mass is 263 g/mol. The summed E-state index contributed by atoms with van der Waals surface area (Å²) in [7, 11) is 0. The molecule has 0 aliphatic carbocycles. The molecular weight excluding hydrogens is 242 g/mol. The summed E-state index contributed by atoms with van der Waals surface area (Å²) in [6.07, 6.45) is 0.820. The lowest BCUT2D eigenvalue weighted by Gasteiger charge is -2.18. The van der Waals surface area contributed by atoms with Gasteiger partial charge in [0.05, 0.1) is 5.60 Å². The van der Waals surface area contributed by atoms with E-state index in [0.29, 0.717) is 18.7 Å². The van der Waals surface area contributed by atoms with Crippen molar-refractivity contribution in [3.63, 3.8) is 0 Å². The van der Waals surface area contributed by atoms with Gasteiger partial charge in [-0.05, 0) is 37.6 Å². The normalized spacial score (nSPS) is 23.5. The fraction of sp³-hybridized carbons (Fsp3) is 0.500. The molecule has 1 atom stereocenters. The highest BCUT2D eigenvalue weighted by atomic mass is 16.5. The Kier molecular flexibility index (Phi) is 4.07. The summed E-state index contributed by atoms with van der Waals surface area (Å²) in [5.41, 5.74) is 5.53. The molecule has 1 aliphatic heterocycles. The Balaban J connectivity index is 1.75. The Labute approximate surface area is 113 Å². The number of hydrogen-bond donors (Lipinski definition) is 3. The molecule has 1 saturated heterocycles.